The fourth-order valence-corrected chi connectivity index (χ4v) is 3.31. The molecule has 0 fully saturated rings. The molecule has 110 valence electrons. The Morgan fingerprint density at radius 2 is 1.62 bits per heavy atom. The molecular weight excluding hydrogens is 292 g/mol. The van der Waals surface area contributed by atoms with E-state index in [-0.39, 0.29) is 16.3 Å². The molecule has 2 aromatic rings. The van der Waals surface area contributed by atoms with Crippen molar-refractivity contribution in [1.29, 1.82) is 0 Å². The molecule has 1 atom stereocenters. The molecule has 0 aliphatic heterocycles. The Hall–Kier alpha value is -2.25. The number of sulfone groups is 1. The van der Waals surface area contributed by atoms with Gasteiger partial charge in [-0.3, -0.25) is 10.1 Å². The minimum absolute atomic E-state index is 0.0273. The number of rotatable bonds is 5. The Morgan fingerprint density at radius 1 is 1.05 bits per heavy atom. The van der Waals surface area contributed by atoms with E-state index in [1.165, 1.54) is 24.3 Å². The lowest BCUT2D eigenvalue weighted by Gasteiger charge is -2.12. The topological polar surface area (TPSA) is 103 Å². The van der Waals surface area contributed by atoms with Crippen LogP contribution >= 0.6 is 0 Å². The minimum atomic E-state index is -3.60. The maximum atomic E-state index is 12.2. The van der Waals surface area contributed by atoms with Crippen molar-refractivity contribution in [2.24, 2.45) is 5.73 Å². The summed E-state index contributed by atoms with van der Waals surface area (Å²) in [6, 6.07) is 13.1. The smallest absolute Gasteiger partial charge is 0.269 e. The van der Waals surface area contributed by atoms with E-state index in [0.717, 1.165) is 5.56 Å². The van der Waals surface area contributed by atoms with Crippen molar-refractivity contribution >= 4 is 15.5 Å². The van der Waals surface area contributed by atoms with Gasteiger partial charge in [0, 0.05) is 18.2 Å². The molecule has 0 saturated heterocycles. The number of nitrogens with zero attached hydrogens (tertiary/aromatic N) is 1. The van der Waals surface area contributed by atoms with Crippen molar-refractivity contribution < 1.29 is 13.3 Å². The van der Waals surface area contributed by atoms with Gasteiger partial charge in [0.2, 0.25) is 0 Å². The van der Waals surface area contributed by atoms with Crippen LogP contribution in [0.3, 0.4) is 0 Å². The van der Waals surface area contributed by atoms with Crippen LogP contribution in [0.1, 0.15) is 11.6 Å². The molecular formula is C14H14N2O4S. The quantitative estimate of drug-likeness (QED) is 0.672. The summed E-state index contributed by atoms with van der Waals surface area (Å²) >= 11 is 0. The van der Waals surface area contributed by atoms with Gasteiger partial charge in [-0.25, -0.2) is 8.42 Å². The van der Waals surface area contributed by atoms with Crippen molar-refractivity contribution in [3.8, 4) is 0 Å². The zero-order valence-corrected chi connectivity index (χ0v) is 11.9. The number of nitro benzene ring substituents is 1. The summed E-state index contributed by atoms with van der Waals surface area (Å²) in [6.45, 7) is 0. The molecule has 0 heterocycles. The molecule has 2 N–H and O–H groups in total. The van der Waals surface area contributed by atoms with Crippen LogP contribution in [0.4, 0.5) is 5.69 Å². The van der Waals surface area contributed by atoms with Gasteiger partial charge in [0.1, 0.15) is 0 Å². The highest BCUT2D eigenvalue weighted by Gasteiger charge is 2.20. The first kappa shape index (κ1) is 15.1. The molecule has 0 radical (unpaired) electrons. The Kier molecular flexibility index (Phi) is 4.35. The largest absolute Gasteiger partial charge is 0.323 e. The average Bonchev–Trinajstić information content (AvgIpc) is 2.48. The van der Waals surface area contributed by atoms with E-state index in [0.29, 0.717) is 0 Å². The SMILES string of the molecule is NC(CS(=O)(=O)c1ccc([N+](=O)[O-])cc1)c1ccccc1. The highest BCUT2D eigenvalue weighted by Crippen LogP contribution is 2.20. The molecule has 0 aliphatic carbocycles. The highest BCUT2D eigenvalue weighted by molar-refractivity contribution is 7.91. The van der Waals surface area contributed by atoms with Crippen molar-refractivity contribution in [3.63, 3.8) is 0 Å². The third-order valence-electron chi connectivity index (χ3n) is 3.03. The zero-order chi connectivity index (χ0) is 15.5. The number of hydrogen-bond acceptors (Lipinski definition) is 5. The van der Waals surface area contributed by atoms with Crippen LogP contribution in [0.25, 0.3) is 0 Å². The minimum Gasteiger partial charge on any atom is -0.323 e. The molecule has 7 heteroatoms. The van der Waals surface area contributed by atoms with Gasteiger partial charge in [-0.1, -0.05) is 30.3 Å². The number of nitro groups is 1. The molecule has 6 nitrogen and oxygen atoms in total. The van der Waals surface area contributed by atoms with E-state index in [9.17, 15) is 18.5 Å². The van der Waals surface area contributed by atoms with E-state index in [2.05, 4.69) is 0 Å². The van der Waals surface area contributed by atoms with Gasteiger partial charge in [-0.05, 0) is 17.7 Å². The molecule has 0 saturated carbocycles. The summed E-state index contributed by atoms with van der Waals surface area (Å²) in [5.41, 5.74) is 6.48. The van der Waals surface area contributed by atoms with Gasteiger partial charge in [0.25, 0.3) is 5.69 Å². The van der Waals surface area contributed by atoms with Gasteiger partial charge >= 0.3 is 0 Å². The third kappa shape index (κ3) is 3.65. The van der Waals surface area contributed by atoms with Crippen molar-refractivity contribution in [2.75, 3.05) is 5.75 Å². The van der Waals surface area contributed by atoms with E-state index in [4.69, 9.17) is 5.73 Å². The van der Waals surface area contributed by atoms with Crippen LogP contribution in [0.2, 0.25) is 0 Å². The number of nitrogens with two attached hydrogens (primary N) is 1. The van der Waals surface area contributed by atoms with Crippen LogP contribution in [-0.2, 0) is 9.84 Å². The Balaban J connectivity index is 2.20. The Bertz CT molecular complexity index is 727. The first-order chi connectivity index (χ1) is 9.90. The number of benzene rings is 2. The van der Waals surface area contributed by atoms with Crippen molar-refractivity contribution in [1.82, 2.24) is 0 Å². The van der Waals surface area contributed by atoms with Crippen molar-refractivity contribution in [3.05, 3.63) is 70.3 Å². The fraction of sp³-hybridized carbons (Fsp3) is 0.143. The fourth-order valence-electron chi connectivity index (χ4n) is 1.90. The summed E-state index contributed by atoms with van der Waals surface area (Å²) in [7, 11) is -3.60. The van der Waals surface area contributed by atoms with Crippen molar-refractivity contribution in [2.45, 2.75) is 10.9 Å². The van der Waals surface area contributed by atoms with Crippen LogP contribution < -0.4 is 5.73 Å². The van der Waals surface area contributed by atoms with Gasteiger partial charge in [0.15, 0.2) is 9.84 Å². The highest BCUT2D eigenvalue weighted by atomic mass is 32.2. The molecule has 2 aromatic carbocycles. The molecule has 2 rings (SSSR count). The second-order valence-corrected chi connectivity index (χ2v) is 6.58. The summed E-state index contributed by atoms with van der Waals surface area (Å²) in [5.74, 6) is -0.255. The second-order valence-electron chi connectivity index (χ2n) is 4.55. The first-order valence-corrected chi connectivity index (χ1v) is 7.83. The predicted octanol–water partition coefficient (Wildman–Crippen LogP) is 2.07. The molecule has 0 spiro atoms. The van der Waals surface area contributed by atoms with E-state index >= 15 is 0 Å². The van der Waals surface area contributed by atoms with E-state index in [1.807, 2.05) is 6.07 Å². The average molecular weight is 306 g/mol. The zero-order valence-electron chi connectivity index (χ0n) is 11.0. The summed E-state index contributed by atoms with van der Waals surface area (Å²) in [4.78, 5) is 10.0. The normalized spacial score (nSPS) is 12.8. The second kappa shape index (κ2) is 6.02. The van der Waals surface area contributed by atoms with Gasteiger partial charge in [-0.2, -0.15) is 0 Å². The first-order valence-electron chi connectivity index (χ1n) is 6.18. The standard InChI is InChI=1S/C14H14N2O4S/c15-14(11-4-2-1-3-5-11)10-21(19,20)13-8-6-12(7-9-13)16(17)18/h1-9,14H,10,15H2. The third-order valence-corrected chi connectivity index (χ3v) is 4.82. The molecule has 1 unspecified atom stereocenters. The van der Waals surface area contributed by atoms with E-state index in [1.54, 1.807) is 24.3 Å². The lowest BCUT2D eigenvalue weighted by molar-refractivity contribution is -0.384. The maximum Gasteiger partial charge on any atom is 0.269 e. The number of hydrogen-bond donors (Lipinski definition) is 1. The molecule has 0 aromatic heterocycles. The summed E-state index contributed by atoms with van der Waals surface area (Å²) in [5, 5.41) is 10.6. The van der Waals surface area contributed by atoms with Crippen LogP contribution in [0.5, 0.6) is 0 Å². The summed E-state index contributed by atoms with van der Waals surface area (Å²) < 4.78 is 24.5. The van der Waals surface area contributed by atoms with Gasteiger partial charge in [0.05, 0.1) is 15.6 Å². The lowest BCUT2D eigenvalue weighted by atomic mass is 10.1. The molecule has 0 aliphatic rings. The van der Waals surface area contributed by atoms with Crippen LogP contribution in [-0.4, -0.2) is 19.1 Å². The Morgan fingerprint density at radius 3 is 2.14 bits per heavy atom. The van der Waals surface area contributed by atoms with Crippen LogP contribution in [0, 0.1) is 10.1 Å². The van der Waals surface area contributed by atoms with Gasteiger partial charge in [-0.15, -0.1) is 0 Å². The van der Waals surface area contributed by atoms with E-state index < -0.39 is 20.8 Å². The monoisotopic (exact) mass is 306 g/mol. The molecule has 0 amide bonds. The number of non-ortho nitro benzene ring substituents is 1. The lowest BCUT2D eigenvalue weighted by Crippen LogP contribution is -2.21. The maximum absolute atomic E-state index is 12.2. The molecule has 21 heavy (non-hydrogen) atoms. The van der Waals surface area contributed by atoms with Crippen LogP contribution in [0.15, 0.2) is 59.5 Å². The Labute approximate surface area is 122 Å². The van der Waals surface area contributed by atoms with Gasteiger partial charge < -0.3 is 5.73 Å². The predicted molar refractivity (Wildman–Crippen MR) is 78.5 cm³/mol. The summed E-state index contributed by atoms with van der Waals surface area (Å²) in [6.07, 6.45) is 0. The molecule has 0 bridgehead atoms.